The van der Waals surface area contributed by atoms with Crippen molar-refractivity contribution in [1.82, 2.24) is 5.32 Å². The number of rotatable bonds is 6. The molecule has 3 nitrogen and oxygen atoms in total. The minimum atomic E-state index is -0.221. The van der Waals surface area contributed by atoms with Gasteiger partial charge in [-0.05, 0) is 19.4 Å². The van der Waals surface area contributed by atoms with Gasteiger partial charge in [0.1, 0.15) is 0 Å². The van der Waals surface area contributed by atoms with Crippen LogP contribution in [0.1, 0.15) is 26.7 Å². The van der Waals surface area contributed by atoms with E-state index in [-0.39, 0.29) is 5.97 Å². The number of nitrogens with one attached hydrogen (secondary N) is 1. The molecule has 0 amide bonds. The Balaban J connectivity index is 3.85. The summed E-state index contributed by atoms with van der Waals surface area (Å²) >= 11 is 0. The van der Waals surface area contributed by atoms with Crippen LogP contribution in [0.3, 0.4) is 0 Å². The molecule has 3 heteroatoms. The molecular weight excluding hydrogens is 166 g/mol. The number of hydrogen-bond donors (Lipinski definition) is 1. The van der Waals surface area contributed by atoms with E-state index < -0.39 is 0 Å². The molecule has 0 fully saturated rings. The van der Waals surface area contributed by atoms with Crippen LogP contribution in [-0.4, -0.2) is 26.2 Å². The highest BCUT2D eigenvalue weighted by atomic mass is 16.5. The number of carbonyl (C=O) groups excluding carboxylic acids is 1. The molecule has 0 rings (SSSR count). The summed E-state index contributed by atoms with van der Waals surface area (Å²) in [5, 5.41) is 3.19. The van der Waals surface area contributed by atoms with Crippen LogP contribution in [0.25, 0.3) is 0 Å². The molecule has 0 aliphatic rings. The van der Waals surface area contributed by atoms with Gasteiger partial charge in [0, 0.05) is 12.1 Å². The summed E-state index contributed by atoms with van der Waals surface area (Å²) in [6, 6.07) is 0. The molecule has 1 N–H and O–H groups in total. The molecule has 0 aliphatic heterocycles. The van der Waals surface area contributed by atoms with Crippen molar-refractivity contribution in [3.8, 4) is 0 Å². The van der Waals surface area contributed by atoms with Crippen molar-refractivity contribution in [3.63, 3.8) is 0 Å². The summed E-state index contributed by atoms with van der Waals surface area (Å²) in [7, 11) is 1.41. The summed E-state index contributed by atoms with van der Waals surface area (Å²) in [4.78, 5) is 11.1. The Labute approximate surface area is 80.2 Å². The van der Waals surface area contributed by atoms with Gasteiger partial charge in [0.15, 0.2) is 0 Å². The lowest BCUT2D eigenvalue weighted by molar-refractivity contribution is -0.136. The van der Waals surface area contributed by atoms with Gasteiger partial charge in [0.2, 0.25) is 0 Å². The Morgan fingerprint density at radius 2 is 2.15 bits per heavy atom. The number of esters is 1. The van der Waals surface area contributed by atoms with Crippen LogP contribution in [0.5, 0.6) is 0 Å². The summed E-state index contributed by atoms with van der Waals surface area (Å²) in [5.41, 5.74) is 0.742. The van der Waals surface area contributed by atoms with Crippen LogP contribution in [0, 0.1) is 0 Å². The lowest BCUT2D eigenvalue weighted by Crippen LogP contribution is -2.16. The highest BCUT2D eigenvalue weighted by Gasteiger charge is 2.04. The van der Waals surface area contributed by atoms with Crippen molar-refractivity contribution >= 4 is 5.97 Å². The van der Waals surface area contributed by atoms with Crippen LogP contribution in [0.4, 0.5) is 0 Å². The predicted molar refractivity (Wildman–Crippen MR) is 53.6 cm³/mol. The minimum absolute atomic E-state index is 0.221. The van der Waals surface area contributed by atoms with Crippen LogP contribution in [0.2, 0.25) is 0 Å². The molecule has 0 aliphatic carbocycles. The maximum absolute atomic E-state index is 11.1. The predicted octanol–water partition coefficient (Wildman–Crippen LogP) is 1.50. The molecule has 0 aromatic carbocycles. The molecule has 76 valence electrons. The summed E-state index contributed by atoms with van der Waals surface area (Å²) in [5.74, 6) is -0.221. The maximum Gasteiger partial charge on any atom is 0.333 e. The van der Waals surface area contributed by atoms with Crippen molar-refractivity contribution in [2.75, 3.05) is 20.2 Å². The zero-order valence-electron chi connectivity index (χ0n) is 8.72. The number of ether oxygens (including phenoxy) is 1. The van der Waals surface area contributed by atoms with Gasteiger partial charge in [0.05, 0.1) is 7.11 Å². The molecule has 0 aromatic rings. The Morgan fingerprint density at radius 1 is 1.46 bits per heavy atom. The first-order valence-corrected chi connectivity index (χ1v) is 4.74. The monoisotopic (exact) mass is 185 g/mol. The van der Waals surface area contributed by atoms with Crippen molar-refractivity contribution in [1.29, 1.82) is 0 Å². The van der Waals surface area contributed by atoms with Crippen molar-refractivity contribution in [2.24, 2.45) is 0 Å². The normalized spacial score (nSPS) is 11.5. The van der Waals surface area contributed by atoms with Crippen LogP contribution >= 0.6 is 0 Å². The molecule has 0 saturated heterocycles. The van der Waals surface area contributed by atoms with Gasteiger partial charge in [-0.2, -0.15) is 0 Å². The van der Waals surface area contributed by atoms with Gasteiger partial charge in [-0.1, -0.05) is 19.9 Å². The summed E-state index contributed by atoms with van der Waals surface area (Å²) in [6.07, 6.45) is 3.72. The fourth-order valence-electron chi connectivity index (χ4n) is 0.977. The third kappa shape index (κ3) is 5.42. The third-order valence-electron chi connectivity index (χ3n) is 1.75. The van der Waals surface area contributed by atoms with E-state index in [1.807, 2.05) is 13.0 Å². The Kier molecular flexibility index (Phi) is 7.30. The van der Waals surface area contributed by atoms with Crippen molar-refractivity contribution < 1.29 is 9.53 Å². The van der Waals surface area contributed by atoms with E-state index in [9.17, 15) is 4.79 Å². The van der Waals surface area contributed by atoms with Gasteiger partial charge in [0.25, 0.3) is 0 Å². The quantitative estimate of drug-likeness (QED) is 0.387. The molecule has 0 unspecified atom stereocenters. The minimum Gasteiger partial charge on any atom is -0.466 e. The second-order valence-corrected chi connectivity index (χ2v) is 2.78. The van der Waals surface area contributed by atoms with E-state index >= 15 is 0 Å². The van der Waals surface area contributed by atoms with E-state index in [4.69, 9.17) is 0 Å². The van der Waals surface area contributed by atoms with E-state index in [0.29, 0.717) is 0 Å². The molecule has 0 bridgehead atoms. The first-order chi connectivity index (χ1) is 6.26. The summed E-state index contributed by atoms with van der Waals surface area (Å²) in [6.45, 7) is 5.78. The van der Waals surface area contributed by atoms with Gasteiger partial charge in [-0.15, -0.1) is 0 Å². The molecular formula is C10H19NO2. The van der Waals surface area contributed by atoms with Gasteiger partial charge in [-0.25, -0.2) is 4.79 Å². The average Bonchev–Trinajstić information content (AvgIpc) is 2.17. The van der Waals surface area contributed by atoms with Crippen LogP contribution < -0.4 is 5.32 Å². The van der Waals surface area contributed by atoms with Gasteiger partial charge >= 0.3 is 5.97 Å². The zero-order chi connectivity index (χ0) is 10.1. The Hall–Kier alpha value is -0.830. The molecule has 0 spiro atoms. The largest absolute Gasteiger partial charge is 0.466 e. The van der Waals surface area contributed by atoms with Crippen LogP contribution in [0.15, 0.2) is 11.6 Å². The summed E-state index contributed by atoms with van der Waals surface area (Å²) < 4.78 is 4.63. The van der Waals surface area contributed by atoms with Crippen molar-refractivity contribution in [2.45, 2.75) is 26.7 Å². The third-order valence-corrected chi connectivity index (χ3v) is 1.75. The molecule has 0 saturated carbocycles. The second-order valence-electron chi connectivity index (χ2n) is 2.78. The zero-order valence-corrected chi connectivity index (χ0v) is 8.72. The fraction of sp³-hybridized carbons (Fsp3) is 0.700. The first kappa shape index (κ1) is 12.2. The molecule has 0 radical (unpaired) electrons. The van der Waals surface area contributed by atoms with Gasteiger partial charge < -0.3 is 10.1 Å². The van der Waals surface area contributed by atoms with Crippen LogP contribution in [-0.2, 0) is 9.53 Å². The first-order valence-electron chi connectivity index (χ1n) is 4.74. The highest BCUT2D eigenvalue weighted by Crippen LogP contribution is 2.01. The fourth-order valence-corrected chi connectivity index (χ4v) is 0.977. The molecule has 13 heavy (non-hydrogen) atoms. The van der Waals surface area contributed by atoms with E-state index in [1.165, 1.54) is 7.11 Å². The maximum atomic E-state index is 11.1. The number of hydrogen-bond acceptors (Lipinski definition) is 3. The van der Waals surface area contributed by atoms with Gasteiger partial charge in [-0.3, -0.25) is 0 Å². The topological polar surface area (TPSA) is 38.3 Å². The molecule has 0 aromatic heterocycles. The van der Waals surface area contributed by atoms with E-state index in [0.717, 1.165) is 31.5 Å². The highest BCUT2D eigenvalue weighted by molar-refractivity contribution is 5.88. The SMILES string of the molecule is CCCNC/C=C(/CC)C(=O)OC. The second kappa shape index (κ2) is 7.80. The Morgan fingerprint density at radius 3 is 2.62 bits per heavy atom. The van der Waals surface area contributed by atoms with Crippen molar-refractivity contribution in [3.05, 3.63) is 11.6 Å². The molecule has 0 atom stereocenters. The van der Waals surface area contributed by atoms with E-state index in [2.05, 4.69) is 17.0 Å². The number of carbonyl (C=O) groups is 1. The lowest BCUT2D eigenvalue weighted by Gasteiger charge is -2.02. The smallest absolute Gasteiger partial charge is 0.333 e. The molecule has 0 heterocycles. The Bertz CT molecular complexity index is 176. The average molecular weight is 185 g/mol. The standard InChI is InChI=1S/C10H19NO2/c1-4-7-11-8-6-9(5-2)10(12)13-3/h6,11H,4-5,7-8H2,1-3H3/b9-6-. The van der Waals surface area contributed by atoms with E-state index in [1.54, 1.807) is 0 Å². The lowest BCUT2D eigenvalue weighted by atomic mass is 10.2. The number of methoxy groups -OCH3 is 1.